The number of hydrogen-bond acceptors (Lipinski definition) is 3. The number of methoxy groups -OCH3 is 1. The third-order valence-corrected chi connectivity index (χ3v) is 3.70. The van der Waals surface area contributed by atoms with Gasteiger partial charge in [-0.25, -0.2) is 0 Å². The molecule has 0 aromatic heterocycles. The quantitative estimate of drug-likeness (QED) is 0.769. The van der Waals surface area contributed by atoms with Gasteiger partial charge in [-0.2, -0.15) is 0 Å². The predicted octanol–water partition coefficient (Wildman–Crippen LogP) is 0.751. The van der Waals surface area contributed by atoms with Gasteiger partial charge >= 0.3 is 0 Å². The normalized spacial score (nSPS) is 27.9. The molecular formula is C12H22N2O2. The SMILES string of the molecule is COC1CCCN(C(=O)CC(N)C2CC2)C1. The van der Waals surface area contributed by atoms with Crippen molar-refractivity contribution in [1.82, 2.24) is 4.90 Å². The number of piperidine rings is 1. The molecule has 0 bridgehead atoms. The van der Waals surface area contributed by atoms with Gasteiger partial charge in [0.15, 0.2) is 0 Å². The Kier molecular flexibility index (Phi) is 3.82. The van der Waals surface area contributed by atoms with Crippen LogP contribution in [0.4, 0.5) is 0 Å². The lowest BCUT2D eigenvalue weighted by atomic mass is 10.1. The van der Waals surface area contributed by atoms with Gasteiger partial charge in [0.2, 0.25) is 5.91 Å². The second-order valence-corrected chi connectivity index (χ2v) is 5.05. The fraction of sp³-hybridized carbons (Fsp3) is 0.917. The van der Waals surface area contributed by atoms with Gasteiger partial charge < -0.3 is 15.4 Å². The highest BCUT2D eigenvalue weighted by molar-refractivity contribution is 5.77. The van der Waals surface area contributed by atoms with Gasteiger partial charge in [-0.3, -0.25) is 4.79 Å². The molecule has 0 aromatic carbocycles. The highest BCUT2D eigenvalue weighted by atomic mass is 16.5. The largest absolute Gasteiger partial charge is 0.380 e. The maximum Gasteiger partial charge on any atom is 0.224 e. The van der Waals surface area contributed by atoms with E-state index in [0.717, 1.165) is 25.9 Å². The second kappa shape index (κ2) is 5.15. The molecule has 2 fully saturated rings. The van der Waals surface area contributed by atoms with Crippen LogP contribution in [0.3, 0.4) is 0 Å². The van der Waals surface area contributed by atoms with E-state index in [1.54, 1.807) is 7.11 Å². The van der Waals surface area contributed by atoms with Gasteiger partial charge in [-0.15, -0.1) is 0 Å². The zero-order chi connectivity index (χ0) is 11.5. The molecule has 1 saturated carbocycles. The number of amides is 1. The Bertz CT molecular complexity index is 253. The standard InChI is InChI=1S/C12H22N2O2/c1-16-10-3-2-6-14(8-10)12(15)7-11(13)9-4-5-9/h9-11H,2-8,13H2,1H3. The van der Waals surface area contributed by atoms with Gasteiger partial charge in [-0.05, 0) is 31.6 Å². The third kappa shape index (κ3) is 2.95. The number of hydrogen-bond donors (Lipinski definition) is 1. The molecule has 1 amide bonds. The van der Waals surface area contributed by atoms with E-state index in [1.807, 2.05) is 4.90 Å². The van der Waals surface area contributed by atoms with Crippen molar-refractivity contribution in [3.05, 3.63) is 0 Å². The molecule has 2 atom stereocenters. The Labute approximate surface area is 97.1 Å². The van der Waals surface area contributed by atoms with Crippen molar-refractivity contribution >= 4 is 5.91 Å². The minimum atomic E-state index is 0.0791. The maximum absolute atomic E-state index is 12.0. The second-order valence-electron chi connectivity index (χ2n) is 5.05. The van der Waals surface area contributed by atoms with E-state index in [2.05, 4.69) is 0 Å². The third-order valence-electron chi connectivity index (χ3n) is 3.70. The molecule has 16 heavy (non-hydrogen) atoms. The van der Waals surface area contributed by atoms with Crippen LogP contribution < -0.4 is 5.73 Å². The molecule has 1 heterocycles. The van der Waals surface area contributed by atoms with Crippen LogP contribution in [0.5, 0.6) is 0 Å². The first kappa shape index (κ1) is 11.9. The Morgan fingerprint density at radius 3 is 2.88 bits per heavy atom. The minimum Gasteiger partial charge on any atom is -0.380 e. The number of ether oxygens (including phenoxy) is 1. The Morgan fingerprint density at radius 2 is 2.25 bits per heavy atom. The van der Waals surface area contributed by atoms with Crippen LogP contribution in [0.1, 0.15) is 32.1 Å². The maximum atomic E-state index is 12.0. The molecule has 1 aliphatic heterocycles. The minimum absolute atomic E-state index is 0.0791. The van der Waals surface area contributed by atoms with Crippen LogP contribution in [0.15, 0.2) is 0 Å². The first-order valence-electron chi connectivity index (χ1n) is 6.27. The number of likely N-dealkylation sites (tertiary alicyclic amines) is 1. The van der Waals surface area contributed by atoms with Crippen molar-refractivity contribution in [3.8, 4) is 0 Å². The monoisotopic (exact) mass is 226 g/mol. The summed E-state index contributed by atoms with van der Waals surface area (Å²) in [6.07, 6.45) is 5.25. The summed E-state index contributed by atoms with van der Waals surface area (Å²) in [5.74, 6) is 0.813. The molecule has 1 saturated heterocycles. The van der Waals surface area contributed by atoms with E-state index in [4.69, 9.17) is 10.5 Å². The molecule has 1 aliphatic carbocycles. The van der Waals surface area contributed by atoms with Crippen LogP contribution >= 0.6 is 0 Å². The van der Waals surface area contributed by atoms with Crippen LogP contribution in [-0.4, -0.2) is 43.2 Å². The summed E-state index contributed by atoms with van der Waals surface area (Å²) >= 11 is 0. The van der Waals surface area contributed by atoms with E-state index in [9.17, 15) is 4.79 Å². The lowest BCUT2D eigenvalue weighted by molar-refractivity contribution is -0.135. The highest BCUT2D eigenvalue weighted by Crippen LogP contribution is 2.33. The molecule has 2 aliphatic rings. The van der Waals surface area contributed by atoms with Crippen molar-refractivity contribution < 1.29 is 9.53 Å². The average Bonchev–Trinajstić information content (AvgIpc) is 3.13. The smallest absolute Gasteiger partial charge is 0.224 e. The zero-order valence-electron chi connectivity index (χ0n) is 10.0. The number of rotatable bonds is 4. The molecular weight excluding hydrogens is 204 g/mol. The van der Waals surface area contributed by atoms with Crippen LogP contribution in [-0.2, 0) is 9.53 Å². The summed E-state index contributed by atoms with van der Waals surface area (Å²) in [6, 6.07) is 0.0791. The van der Waals surface area contributed by atoms with E-state index in [1.165, 1.54) is 12.8 Å². The summed E-state index contributed by atoms with van der Waals surface area (Å²) in [5.41, 5.74) is 5.97. The molecule has 2 rings (SSSR count). The Balaban J connectivity index is 1.78. The number of nitrogens with two attached hydrogens (primary N) is 1. The number of carbonyl (C=O) groups excluding carboxylic acids is 1. The van der Waals surface area contributed by atoms with E-state index < -0.39 is 0 Å². The summed E-state index contributed by atoms with van der Waals surface area (Å²) in [5, 5.41) is 0. The van der Waals surface area contributed by atoms with Gasteiger partial charge in [0.1, 0.15) is 0 Å². The lowest BCUT2D eigenvalue weighted by Crippen LogP contribution is -2.44. The van der Waals surface area contributed by atoms with Crippen molar-refractivity contribution in [2.24, 2.45) is 11.7 Å². The highest BCUT2D eigenvalue weighted by Gasteiger charge is 2.32. The fourth-order valence-electron chi connectivity index (χ4n) is 2.38. The van der Waals surface area contributed by atoms with Crippen molar-refractivity contribution in [1.29, 1.82) is 0 Å². The zero-order valence-corrected chi connectivity index (χ0v) is 10.0. The van der Waals surface area contributed by atoms with E-state index in [-0.39, 0.29) is 18.1 Å². The summed E-state index contributed by atoms with van der Waals surface area (Å²) < 4.78 is 5.31. The van der Waals surface area contributed by atoms with Gasteiger partial charge in [0.05, 0.1) is 6.10 Å². The molecule has 4 nitrogen and oxygen atoms in total. The van der Waals surface area contributed by atoms with E-state index >= 15 is 0 Å². The number of nitrogens with zero attached hydrogens (tertiary/aromatic N) is 1. The Morgan fingerprint density at radius 1 is 1.50 bits per heavy atom. The van der Waals surface area contributed by atoms with Crippen molar-refractivity contribution in [2.45, 2.75) is 44.2 Å². The van der Waals surface area contributed by atoms with Crippen molar-refractivity contribution in [3.63, 3.8) is 0 Å². The molecule has 0 aromatic rings. The van der Waals surface area contributed by atoms with Gasteiger partial charge in [0.25, 0.3) is 0 Å². The van der Waals surface area contributed by atoms with Gasteiger partial charge in [0, 0.05) is 32.7 Å². The molecule has 0 spiro atoms. The van der Waals surface area contributed by atoms with Crippen LogP contribution in [0.2, 0.25) is 0 Å². The number of carbonyl (C=O) groups is 1. The molecule has 4 heteroatoms. The molecule has 92 valence electrons. The van der Waals surface area contributed by atoms with Gasteiger partial charge in [-0.1, -0.05) is 0 Å². The van der Waals surface area contributed by atoms with E-state index in [0.29, 0.717) is 12.3 Å². The topological polar surface area (TPSA) is 55.6 Å². The molecule has 2 unspecified atom stereocenters. The lowest BCUT2D eigenvalue weighted by Gasteiger charge is -2.32. The van der Waals surface area contributed by atoms with Crippen molar-refractivity contribution in [2.75, 3.05) is 20.2 Å². The average molecular weight is 226 g/mol. The predicted molar refractivity (Wildman–Crippen MR) is 61.9 cm³/mol. The first-order valence-corrected chi connectivity index (χ1v) is 6.27. The fourth-order valence-corrected chi connectivity index (χ4v) is 2.38. The van der Waals surface area contributed by atoms with Crippen LogP contribution in [0, 0.1) is 5.92 Å². The molecule has 2 N–H and O–H groups in total. The molecule has 0 radical (unpaired) electrons. The summed E-state index contributed by atoms with van der Waals surface area (Å²) in [6.45, 7) is 1.61. The Hall–Kier alpha value is -0.610. The first-order chi connectivity index (χ1) is 7.70. The summed E-state index contributed by atoms with van der Waals surface area (Å²) in [7, 11) is 1.72. The van der Waals surface area contributed by atoms with Crippen LogP contribution in [0.25, 0.3) is 0 Å². The summed E-state index contributed by atoms with van der Waals surface area (Å²) in [4.78, 5) is 13.9.